The number of aromatic nitrogens is 2. The Morgan fingerprint density at radius 2 is 1.84 bits per heavy atom. The van der Waals surface area contributed by atoms with Crippen LogP contribution in [0.5, 0.6) is 0 Å². The molecule has 0 aliphatic heterocycles. The number of carboxylic acids is 1. The third-order valence-electron chi connectivity index (χ3n) is 5.78. The first-order chi connectivity index (χ1) is 15.1. The van der Waals surface area contributed by atoms with E-state index in [0.717, 1.165) is 0 Å². The quantitative estimate of drug-likeness (QED) is 0.475. The lowest BCUT2D eigenvalue weighted by molar-refractivity contribution is -0.160. The minimum Gasteiger partial charge on any atom is -0.478 e. The normalized spacial score (nSPS) is 15.6. The van der Waals surface area contributed by atoms with Gasteiger partial charge in [0.05, 0.1) is 17.5 Å². The van der Waals surface area contributed by atoms with Crippen LogP contribution in [0.15, 0.2) is 54.6 Å². The maximum Gasteiger partial charge on any atom is 0.398 e. The fraction of sp³-hybridized carbons (Fsp3) is 0.250. The molecule has 0 bridgehead atoms. The van der Waals surface area contributed by atoms with Crippen LogP contribution in [0, 0.1) is 6.92 Å². The summed E-state index contributed by atoms with van der Waals surface area (Å²) in [6, 6.07) is 13.7. The van der Waals surface area contributed by atoms with Crippen molar-refractivity contribution in [3.63, 3.8) is 0 Å². The van der Waals surface area contributed by atoms with Crippen LogP contribution in [0.4, 0.5) is 17.6 Å². The summed E-state index contributed by atoms with van der Waals surface area (Å²) in [7, 11) is 0. The van der Waals surface area contributed by atoms with Crippen molar-refractivity contribution in [2.45, 2.75) is 37.9 Å². The minimum atomic E-state index is -4.29. The largest absolute Gasteiger partial charge is 0.478 e. The molecule has 0 saturated heterocycles. The zero-order chi connectivity index (χ0) is 23.1. The molecule has 1 aliphatic carbocycles. The van der Waals surface area contributed by atoms with E-state index in [9.17, 15) is 22.4 Å². The second-order valence-electron chi connectivity index (χ2n) is 8.03. The van der Waals surface area contributed by atoms with Crippen molar-refractivity contribution in [1.29, 1.82) is 0 Å². The molecule has 1 aliphatic rings. The molecule has 1 N–H and O–H groups in total. The highest BCUT2D eigenvalue weighted by molar-refractivity contribution is 5.87. The summed E-state index contributed by atoms with van der Waals surface area (Å²) in [6.07, 6.45) is -2.91. The first-order valence-corrected chi connectivity index (χ1v) is 10.0. The van der Waals surface area contributed by atoms with Crippen molar-refractivity contribution >= 4 is 17.9 Å². The second kappa shape index (κ2) is 7.93. The van der Waals surface area contributed by atoms with Crippen LogP contribution in [0.2, 0.25) is 0 Å². The number of aromatic carboxylic acids is 1. The fourth-order valence-corrected chi connectivity index (χ4v) is 3.74. The second-order valence-corrected chi connectivity index (χ2v) is 8.03. The highest BCUT2D eigenvalue weighted by atomic mass is 19.4. The SMILES string of the molecule is Cc1cc(C(F)=Cc2ccc(C3(C(F)(F)F)CC3)cc2)nn1Cc1cccc(C(=O)O)c1. The monoisotopic (exact) mass is 444 g/mol. The number of carboxylic acid groups (broad SMARTS) is 1. The predicted molar refractivity (Wildman–Crippen MR) is 112 cm³/mol. The maximum atomic E-state index is 14.8. The van der Waals surface area contributed by atoms with E-state index >= 15 is 0 Å². The van der Waals surface area contributed by atoms with E-state index in [2.05, 4.69) is 5.10 Å². The first kappa shape index (κ1) is 21.8. The number of aryl methyl sites for hydroxylation is 1. The number of nitrogens with zero attached hydrogens (tertiary/aromatic N) is 2. The summed E-state index contributed by atoms with van der Waals surface area (Å²) < 4.78 is 56.1. The van der Waals surface area contributed by atoms with E-state index in [-0.39, 0.29) is 36.2 Å². The number of rotatable bonds is 6. The third kappa shape index (κ3) is 4.17. The van der Waals surface area contributed by atoms with Crippen molar-refractivity contribution in [2.75, 3.05) is 0 Å². The Hall–Kier alpha value is -3.42. The Bertz CT molecular complexity index is 1190. The molecular weight excluding hydrogens is 424 g/mol. The van der Waals surface area contributed by atoms with Crippen LogP contribution >= 0.6 is 0 Å². The Labute approximate surface area is 181 Å². The van der Waals surface area contributed by atoms with Gasteiger partial charge in [0.2, 0.25) is 0 Å². The minimum absolute atomic E-state index is 0.0755. The summed E-state index contributed by atoms with van der Waals surface area (Å²) in [5.41, 5.74) is 0.510. The molecule has 1 fully saturated rings. The number of halogens is 4. The van der Waals surface area contributed by atoms with E-state index in [4.69, 9.17) is 5.11 Å². The summed E-state index contributed by atoms with van der Waals surface area (Å²) in [4.78, 5) is 11.1. The van der Waals surface area contributed by atoms with Crippen LogP contribution in [0.25, 0.3) is 11.9 Å². The molecule has 1 heterocycles. The Kier molecular flexibility index (Phi) is 5.40. The molecule has 3 aromatic rings. The van der Waals surface area contributed by atoms with Gasteiger partial charge >= 0.3 is 12.1 Å². The van der Waals surface area contributed by atoms with E-state index in [0.29, 0.717) is 16.8 Å². The summed E-state index contributed by atoms with van der Waals surface area (Å²) in [5.74, 6) is -1.65. The van der Waals surface area contributed by atoms with Gasteiger partial charge in [-0.2, -0.15) is 18.3 Å². The highest BCUT2D eigenvalue weighted by Crippen LogP contribution is 2.58. The number of carbonyl (C=O) groups is 1. The Morgan fingerprint density at radius 1 is 1.16 bits per heavy atom. The van der Waals surface area contributed by atoms with Crippen molar-refractivity contribution in [3.05, 3.63) is 88.2 Å². The van der Waals surface area contributed by atoms with E-state index in [1.807, 2.05) is 0 Å². The van der Waals surface area contributed by atoms with Crippen LogP contribution in [0.1, 0.15) is 51.3 Å². The Balaban J connectivity index is 1.52. The van der Waals surface area contributed by atoms with Gasteiger partial charge in [0.25, 0.3) is 0 Å². The van der Waals surface area contributed by atoms with E-state index in [1.165, 1.54) is 42.5 Å². The van der Waals surface area contributed by atoms with Crippen molar-refractivity contribution in [2.24, 2.45) is 0 Å². The number of benzene rings is 2. The number of hydrogen-bond acceptors (Lipinski definition) is 2. The van der Waals surface area contributed by atoms with Crippen LogP contribution < -0.4 is 0 Å². The molecule has 4 rings (SSSR count). The molecule has 1 aromatic heterocycles. The van der Waals surface area contributed by atoms with Crippen LogP contribution in [0.3, 0.4) is 0 Å². The molecular formula is C24H20F4N2O2. The van der Waals surface area contributed by atoms with Gasteiger partial charge in [-0.1, -0.05) is 36.4 Å². The van der Waals surface area contributed by atoms with Crippen molar-refractivity contribution in [1.82, 2.24) is 9.78 Å². The van der Waals surface area contributed by atoms with Gasteiger partial charge in [-0.05, 0) is 60.7 Å². The highest BCUT2D eigenvalue weighted by Gasteiger charge is 2.64. The van der Waals surface area contributed by atoms with Gasteiger partial charge in [0.1, 0.15) is 5.69 Å². The zero-order valence-electron chi connectivity index (χ0n) is 17.2. The van der Waals surface area contributed by atoms with E-state index < -0.39 is 23.4 Å². The molecule has 32 heavy (non-hydrogen) atoms. The average Bonchev–Trinajstić information content (AvgIpc) is 3.48. The van der Waals surface area contributed by atoms with Crippen LogP contribution in [-0.2, 0) is 12.0 Å². The number of hydrogen-bond donors (Lipinski definition) is 1. The van der Waals surface area contributed by atoms with E-state index in [1.54, 1.807) is 29.8 Å². The zero-order valence-corrected chi connectivity index (χ0v) is 17.2. The molecule has 2 aromatic carbocycles. The van der Waals surface area contributed by atoms with Gasteiger partial charge in [0, 0.05) is 5.69 Å². The molecule has 1 saturated carbocycles. The summed E-state index contributed by atoms with van der Waals surface area (Å²) >= 11 is 0. The van der Waals surface area contributed by atoms with Gasteiger partial charge in [-0.15, -0.1) is 0 Å². The standard InChI is InChI=1S/C24H20F4N2O2/c1-15-11-21(29-30(15)14-17-3-2-4-18(12-17)22(31)32)20(25)13-16-5-7-19(8-6-16)23(9-10-23)24(26,27)28/h2-8,11-13H,9-10,14H2,1H3,(H,31,32). The molecule has 0 atom stereocenters. The van der Waals surface area contributed by atoms with Crippen LogP contribution in [-0.4, -0.2) is 27.0 Å². The van der Waals surface area contributed by atoms with Gasteiger partial charge in [-0.3, -0.25) is 4.68 Å². The molecule has 8 heteroatoms. The van der Waals surface area contributed by atoms with Gasteiger partial charge in [-0.25, -0.2) is 9.18 Å². The molecule has 166 valence electrons. The predicted octanol–water partition coefficient (Wildman–Crippen LogP) is 6.00. The van der Waals surface area contributed by atoms with Crippen molar-refractivity contribution in [3.8, 4) is 0 Å². The molecule has 0 amide bonds. The lowest BCUT2D eigenvalue weighted by Gasteiger charge is -2.19. The lowest BCUT2D eigenvalue weighted by atomic mass is 9.94. The third-order valence-corrected chi connectivity index (χ3v) is 5.78. The lowest BCUT2D eigenvalue weighted by Crippen LogP contribution is -2.28. The number of alkyl halides is 3. The average molecular weight is 444 g/mol. The smallest absolute Gasteiger partial charge is 0.398 e. The molecule has 0 radical (unpaired) electrons. The molecule has 0 spiro atoms. The first-order valence-electron chi connectivity index (χ1n) is 10.0. The van der Waals surface area contributed by atoms with Gasteiger partial charge < -0.3 is 5.11 Å². The molecule has 4 nitrogen and oxygen atoms in total. The topological polar surface area (TPSA) is 55.1 Å². The fourth-order valence-electron chi connectivity index (χ4n) is 3.74. The summed E-state index contributed by atoms with van der Waals surface area (Å²) in [6.45, 7) is 2.03. The van der Waals surface area contributed by atoms with Gasteiger partial charge in [0.15, 0.2) is 5.83 Å². The summed E-state index contributed by atoms with van der Waals surface area (Å²) in [5, 5.41) is 13.4. The molecule has 0 unspecified atom stereocenters. The van der Waals surface area contributed by atoms with Crippen molar-refractivity contribution < 1.29 is 27.5 Å². The maximum absolute atomic E-state index is 14.8. The Morgan fingerprint density at radius 3 is 2.44 bits per heavy atom.